The van der Waals surface area contributed by atoms with Gasteiger partial charge in [0.05, 0.1) is 6.33 Å². The van der Waals surface area contributed by atoms with Gasteiger partial charge in [-0.2, -0.15) is 9.97 Å². The maximum absolute atomic E-state index is 5.57. The third-order valence-corrected chi connectivity index (χ3v) is 2.68. The highest BCUT2D eigenvalue weighted by Gasteiger charge is 2.10. The number of nitrogens with zero attached hydrogens (tertiary/aromatic N) is 3. The van der Waals surface area contributed by atoms with Gasteiger partial charge in [-0.1, -0.05) is 0 Å². The molecule has 0 bridgehead atoms. The van der Waals surface area contributed by atoms with Crippen LogP contribution in [0.2, 0.25) is 0 Å². The van der Waals surface area contributed by atoms with Crippen molar-refractivity contribution in [3.63, 3.8) is 0 Å². The number of H-pyrrole nitrogens is 1. The maximum atomic E-state index is 5.57. The minimum absolute atomic E-state index is 0.116. The van der Waals surface area contributed by atoms with E-state index in [4.69, 9.17) is 14.9 Å². The lowest BCUT2D eigenvalue weighted by Gasteiger charge is -2.04. The van der Waals surface area contributed by atoms with Gasteiger partial charge in [0.1, 0.15) is 17.9 Å². The number of hydrogen-bond donors (Lipinski definition) is 2. The summed E-state index contributed by atoms with van der Waals surface area (Å²) < 4.78 is 11.5. The smallest absolute Gasteiger partial charge is 0.245 e. The van der Waals surface area contributed by atoms with Gasteiger partial charge in [0, 0.05) is 0 Å². The average Bonchev–Trinajstić information content (AvgIpc) is 2.94. The molecule has 0 spiro atoms. The van der Waals surface area contributed by atoms with E-state index in [1.54, 1.807) is 12.1 Å². The van der Waals surface area contributed by atoms with Gasteiger partial charge in [0.15, 0.2) is 10.3 Å². The van der Waals surface area contributed by atoms with Crippen molar-refractivity contribution in [1.29, 1.82) is 0 Å². The van der Waals surface area contributed by atoms with E-state index in [1.807, 2.05) is 0 Å². The zero-order valence-corrected chi connectivity index (χ0v) is 10.6. The number of nitrogens with two attached hydrogens (primary N) is 1. The van der Waals surface area contributed by atoms with Crippen molar-refractivity contribution >= 4 is 33.0 Å². The molecule has 0 aliphatic rings. The standard InChI is InChI=1S/C10H8BrN5O2/c11-6-2-1-5(18-6)3-17-9-7-8(14-4-13-7)15-10(12)16-9/h1-2,4H,3H2,(H3,12,13,14,15,16). The van der Waals surface area contributed by atoms with Crippen LogP contribution < -0.4 is 10.5 Å². The van der Waals surface area contributed by atoms with Gasteiger partial charge >= 0.3 is 0 Å². The van der Waals surface area contributed by atoms with Crippen molar-refractivity contribution < 1.29 is 9.15 Å². The molecule has 0 radical (unpaired) electrons. The SMILES string of the molecule is Nc1nc(OCc2ccc(Br)o2)c2[nH]cnc2n1. The van der Waals surface area contributed by atoms with Crippen LogP contribution in [0.5, 0.6) is 5.88 Å². The second kappa shape index (κ2) is 4.30. The molecule has 0 saturated carbocycles. The molecule has 18 heavy (non-hydrogen) atoms. The Labute approximate surface area is 110 Å². The minimum Gasteiger partial charge on any atom is -0.468 e. The van der Waals surface area contributed by atoms with E-state index in [1.165, 1.54) is 6.33 Å². The summed E-state index contributed by atoms with van der Waals surface area (Å²) in [5, 5.41) is 0. The predicted octanol–water partition coefficient (Wildman–Crippen LogP) is 1.87. The van der Waals surface area contributed by atoms with E-state index in [9.17, 15) is 0 Å². The van der Waals surface area contributed by atoms with Gasteiger partial charge in [-0.25, -0.2) is 4.98 Å². The number of hydrogen-bond acceptors (Lipinski definition) is 6. The first-order valence-corrected chi connectivity index (χ1v) is 5.85. The first-order valence-electron chi connectivity index (χ1n) is 5.06. The normalized spacial score (nSPS) is 10.9. The Bertz CT molecular complexity index is 692. The summed E-state index contributed by atoms with van der Waals surface area (Å²) >= 11 is 3.22. The highest BCUT2D eigenvalue weighted by molar-refractivity contribution is 9.10. The summed E-state index contributed by atoms with van der Waals surface area (Å²) in [6.45, 7) is 0.246. The van der Waals surface area contributed by atoms with E-state index in [-0.39, 0.29) is 12.6 Å². The molecule has 0 amide bonds. The van der Waals surface area contributed by atoms with Crippen LogP contribution in [0.15, 0.2) is 27.5 Å². The van der Waals surface area contributed by atoms with Gasteiger partial charge in [-0.3, -0.25) is 0 Å². The number of nitrogens with one attached hydrogen (secondary N) is 1. The zero-order valence-electron chi connectivity index (χ0n) is 9.05. The summed E-state index contributed by atoms with van der Waals surface area (Å²) in [4.78, 5) is 14.9. The molecule has 0 aliphatic carbocycles. The molecule has 0 atom stereocenters. The first-order chi connectivity index (χ1) is 8.72. The lowest BCUT2D eigenvalue weighted by molar-refractivity contribution is 0.261. The number of nitrogen functional groups attached to an aromatic ring is 1. The summed E-state index contributed by atoms with van der Waals surface area (Å²) in [5.74, 6) is 1.14. The number of aromatic nitrogens is 4. The Morgan fingerprint density at radius 1 is 1.39 bits per heavy atom. The van der Waals surface area contributed by atoms with Crippen LogP contribution in [0.25, 0.3) is 11.2 Å². The quantitative estimate of drug-likeness (QED) is 0.765. The summed E-state index contributed by atoms with van der Waals surface area (Å²) in [6.07, 6.45) is 1.51. The monoisotopic (exact) mass is 309 g/mol. The van der Waals surface area contributed by atoms with E-state index < -0.39 is 0 Å². The number of halogens is 1. The topological polar surface area (TPSA) is 103 Å². The molecule has 3 aromatic heterocycles. The molecular formula is C10H8BrN5O2. The third kappa shape index (κ3) is 2.02. The molecule has 3 N–H and O–H groups in total. The number of anilines is 1. The summed E-state index contributed by atoms with van der Waals surface area (Å²) in [6, 6.07) is 3.59. The Morgan fingerprint density at radius 3 is 3.06 bits per heavy atom. The molecule has 8 heteroatoms. The van der Waals surface area contributed by atoms with Gasteiger partial charge < -0.3 is 19.9 Å². The Balaban J connectivity index is 1.87. The molecule has 0 aromatic carbocycles. The van der Waals surface area contributed by atoms with Crippen molar-refractivity contribution in [2.75, 3.05) is 5.73 Å². The molecule has 92 valence electrons. The van der Waals surface area contributed by atoms with Crippen molar-refractivity contribution in [3.8, 4) is 5.88 Å². The van der Waals surface area contributed by atoms with Gasteiger partial charge in [0.2, 0.25) is 11.8 Å². The molecule has 0 aliphatic heterocycles. The fraction of sp³-hybridized carbons (Fsp3) is 0.100. The number of furan rings is 1. The van der Waals surface area contributed by atoms with E-state index in [0.717, 1.165) is 0 Å². The van der Waals surface area contributed by atoms with Crippen LogP contribution in [0.3, 0.4) is 0 Å². The highest BCUT2D eigenvalue weighted by Crippen LogP contribution is 2.21. The largest absolute Gasteiger partial charge is 0.468 e. The highest BCUT2D eigenvalue weighted by atomic mass is 79.9. The zero-order chi connectivity index (χ0) is 12.5. The predicted molar refractivity (Wildman–Crippen MR) is 66.8 cm³/mol. The van der Waals surface area contributed by atoms with Crippen LogP contribution >= 0.6 is 15.9 Å². The van der Waals surface area contributed by atoms with E-state index in [2.05, 4.69) is 35.9 Å². The van der Waals surface area contributed by atoms with Crippen LogP contribution in [-0.2, 0) is 6.61 Å². The van der Waals surface area contributed by atoms with Gasteiger partial charge in [0.25, 0.3) is 0 Å². The minimum atomic E-state index is 0.116. The van der Waals surface area contributed by atoms with Crippen LogP contribution in [-0.4, -0.2) is 19.9 Å². The molecule has 7 nitrogen and oxygen atoms in total. The third-order valence-electron chi connectivity index (χ3n) is 2.25. The van der Waals surface area contributed by atoms with Gasteiger partial charge in [-0.05, 0) is 28.1 Å². The fourth-order valence-corrected chi connectivity index (χ4v) is 1.84. The lowest BCUT2D eigenvalue weighted by Crippen LogP contribution is -2.01. The molecule has 0 unspecified atom stereocenters. The molecule has 0 fully saturated rings. The second-order valence-electron chi connectivity index (χ2n) is 3.48. The number of rotatable bonds is 3. The van der Waals surface area contributed by atoms with Crippen LogP contribution in [0.4, 0.5) is 5.95 Å². The maximum Gasteiger partial charge on any atom is 0.245 e. The van der Waals surface area contributed by atoms with E-state index in [0.29, 0.717) is 27.5 Å². The van der Waals surface area contributed by atoms with Crippen LogP contribution in [0, 0.1) is 0 Å². The lowest BCUT2D eigenvalue weighted by atomic mass is 10.5. The molecular weight excluding hydrogens is 302 g/mol. The van der Waals surface area contributed by atoms with Crippen molar-refractivity contribution in [3.05, 3.63) is 28.9 Å². The number of fused-ring (bicyclic) bond motifs is 1. The van der Waals surface area contributed by atoms with E-state index >= 15 is 0 Å². The second-order valence-corrected chi connectivity index (χ2v) is 4.26. The molecule has 3 rings (SSSR count). The van der Waals surface area contributed by atoms with Crippen molar-refractivity contribution in [1.82, 2.24) is 19.9 Å². The molecule has 0 saturated heterocycles. The van der Waals surface area contributed by atoms with Crippen LogP contribution in [0.1, 0.15) is 5.76 Å². The van der Waals surface area contributed by atoms with Crippen molar-refractivity contribution in [2.24, 2.45) is 0 Å². The molecule has 3 heterocycles. The number of aromatic amines is 1. The Kier molecular flexibility index (Phi) is 2.63. The Hall–Kier alpha value is -2.09. The molecule has 3 aromatic rings. The first kappa shape index (κ1) is 11.0. The summed E-state index contributed by atoms with van der Waals surface area (Å²) in [7, 11) is 0. The van der Waals surface area contributed by atoms with Crippen molar-refractivity contribution in [2.45, 2.75) is 6.61 Å². The van der Waals surface area contributed by atoms with Gasteiger partial charge in [-0.15, -0.1) is 0 Å². The number of imidazole rings is 1. The average molecular weight is 310 g/mol. The number of ether oxygens (including phenoxy) is 1. The fourth-order valence-electron chi connectivity index (χ4n) is 1.50. The summed E-state index contributed by atoms with van der Waals surface area (Å²) in [5.41, 5.74) is 6.65. The Morgan fingerprint density at radius 2 is 2.28 bits per heavy atom.